The van der Waals surface area contributed by atoms with E-state index in [9.17, 15) is 5.11 Å². The van der Waals surface area contributed by atoms with Crippen LogP contribution >= 0.6 is 22.9 Å². The van der Waals surface area contributed by atoms with Crippen molar-refractivity contribution >= 4 is 28.1 Å². The Morgan fingerprint density at radius 1 is 1.36 bits per heavy atom. The summed E-state index contributed by atoms with van der Waals surface area (Å²) in [5, 5.41) is 15.1. The van der Waals surface area contributed by atoms with Gasteiger partial charge in [0, 0.05) is 17.5 Å². The maximum absolute atomic E-state index is 10.1. The van der Waals surface area contributed by atoms with E-state index in [2.05, 4.69) is 22.5 Å². The summed E-state index contributed by atoms with van der Waals surface area (Å²) in [6, 6.07) is 6.06. The van der Waals surface area contributed by atoms with Crippen LogP contribution in [0.5, 0.6) is 11.6 Å². The number of nitrogens with one attached hydrogen (secondary N) is 1. The maximum atomic E-state index is 10.1. The number of hydrogen-bond donors (Lipinski definition) is 2. The van der Waals surface area contributed by atoms with Gasteiger partial charge in [0.05, 0.1) is 11.5 Å². The number of benzene rings is 1. The predicted octanol–water partition coefficient (Wildman–Crippen LogP) is 4.81. The predicted molar refractivity (Wildman–Crippen MR) is 102 cm³/mol. The minimum atomic E-state index is 0.113. The van der Waals surface area contributed by atoms with Gasteiger partial charge in [0.25, 0.3) is 0 Å². The number of halogens is 1. The monoisotopic (exact) mass is 376 g/mol. The van der Waals surface area contributed by atoms with Crippen LogP contribution in [-0.4, -0.2) is 22.7 Å². The van der Waals surface area contributed by atoms with E-state index in [4.69, 9.17) is 16.3 Å². The van der Waals surface area contributed by atoms with Crippen LogP contribution in [0.1, 0.15) is 23.3 Å². The van der Waals surface area contributed by atoms with Crippen molar-refractivity contribution in [2.24, 2.45) is 11.8 Å². The fourth-order valence-electron chi connectivity index (χ4n) is 3.64. The van der Waals surface area contributed by atoms with Gasteiger partial charge in [-0.3, -0.25) is 0 Å². The van der Waals surface area contributed by atoms with Crippen molar-refractivity contribution < 1.29 is 9.84 Å². The molecule has 25 heavy (non-hydrogen) atoms. The van der Waals surface area contributed by atoms with E-state index in [0.717, 1.165) is 32.8 Å². The highest BCUT2D eigenvalue weighted by Gasteiger charge is 2.36. The SMILES string of the molecule is Cc1cc(OCCc2sc(NC3CC4C=CC3C4)nc2O)ccc1Cl. The van der Waals surface area contributed by atoms with Gasteiger partial charge in [-0.15, -0.1) is 0 Å². The van der Waals surface area contributed by atoms with Crippen molar-refractivity contribution in [2.45, 2.75) is 32.2 Å². The average molecular weight is 377 g/mol. The standard InChI is InChI=1S/C19H21ClN2O2S/c1-11-8-14(4-5-15(11)20)24-7-6-17-18(23)22-19(25-17)21-16-10-12-2-3-13(16)9-12/h2-5,8,12-13,16,23H,6-7,9-10H2,1H3,(H,21,22). The molecule has 0 aliphatic heterocycles. The zero-order chi connectivity index (χ0) is 17.4. The molecular weight excluding hydrogens is 356 g/mol. The summed E-state index contributed by atoms with van der Waals surface area (Å²) >= 11 is 7.54. The van der Waals surface area contributed by atoms with Gasteiger partial charge in [0.2, 0.25) is 5.88 Å². The second kappa shape index (κ2) is 6.89. The van der Waals surface area contributed by atoms with Crippen LogP contribution < -0.4 is 10.1 Å². The van der Waals surface area contributed by atoms with Gasteiger partial charge in [-0.2, -0.15) is 4.98 Å². The van der Waals surface area contributed by atoms with Gasteiger partial charge in [0.15, 0.2) is 5.13 Å². The molecule has 1 saturated carbocycles. The minimum absolute atomic E-state index is 0.113. The van der Waals surface area contributed by atoms with Gasteiger partial charge in [0.1, 0.15) is 5.75 Å². The Bertz CT molecular complexity index is 805. The van der Waals surface area contributed by atoms with E-state index in [1.54, 1.807) is 0 Å². The molecule has 2 aliphatic rings. The molecular formula is C19H21ClN2O2S. The normalized spacial score (nSPS) is 24.0. The fraction of sp³-hybridized carbons (Fsp3) is 0.421. The molecule has 3 unspecified atom stereocenters. The number of aryl methyl sites for hydroxylation is 1. The zero-order valence-electron chi connectivity index (χ0n) is 14.0. The van der Waals surface area contributed by atoms with Gasteiger partial charge in [-0.1, -0.05) is 35.1 Å². The lowest BCUT2D eigenvalue weighted by Gasteiger charge is -2.18. The van der Waals surface area contributed by atoms with Crippen molar-refractivity contribution in [3.63, 3.8) is 0 Å². The van der Waals surface area contributed by atoms with Crippen LogP contribution in [0.2, 0.25) is 5.02 Å². The number of thiazole rings is 1. The number of aromatic nitrogens is 1. The lowest BCUT2D eigenvalue weighted by atomic mass is 10.0. The summed E-state index contributed by atoms with van der Waals surface area (Å²) in [5.74, 6) is 2.22. The van der Waals surface area contributed by atoms with Crippen LogP contribution in [0.3, 0.4) is 0 Å². The summed E-state index contributed by atoms with van der Waals surface area (Å²) in [7, 11) is 0. The Kier molecular flexibility index (Phi) is 4.61. The van der Waals surface area contributed by atoms with Crippen LogP contribution in [0.4, 0.5) is 5.13 Å². The number of hydrogen-bond acceptors (Lipinski definition) is 5. The number of aromatic hydroxyl groups is 1. The number of nitrogens with zero attached hydrogens (tertiary/aromatic N) is 1. The van der Waals surface area contributed by atoms with E-state index in [1.807, 2.05) is 25.1 Å². The van der Waals surface area contributed by atoms with E-state index < -0.39 is 0 Å². The molecule has 0 saturated heterocycles. The third-order valence-electron chi connectivity index (χ3n) is 4.99. The molecule has 6 heteroatoms. The van der Waals surface area contributed by atoms with E-state index in [-0.39, 0.29) is 5.88 Å². The first-order valence-electron chi connectivity index (χ1n) is 8.61. The molecule has 132 valence electrons. The molecule has 2 N–H and O–H groups in total. The van der Waals surface area contributed by atoms with Crippen molar-refractivity contribution in [1.29, 1.82) is 0 Å². The Morgan fingerprint density at radius 3 is 2.96 bits per heavy atom. The molecule has 4 nitrogen and oxygen atoms in total. The lowest BCUT2D eigenvalue weighted by Crippen LogP contribution is -2.23. The smallest absolute Gasteiger partial charge is 0.227 e. The highest BCUT2D eigenvalue weighted by Crippen LogP contribution is 2.41. The molecule has 0 radical (unpaired) electrons. The molecule has 3 atom stereocenters. The molecule has 1 heterocycles. The summed E-state index contributed by atoms with van der Waals surface area (Å²) in [6.45, 7) is 2.44. The number of ether oxygens (including phenoxy) is 1. The fourth-order valence-corrected chi connectivity index (χ4v) is 4.66. The largest absolute Gasteiger partial charge is 0.493 e. The highest BCUT2D eigenvalue weighted by molar-refractivity contribution is 7.15. The first-order valence-corrected chi connectivity index (χ1v) is 9.80. The number of allylic oxidation sites excluding steroid dienone is 1. The van der Waals surface area contributed by atoms with E-state index in [0.29, 0.717) is 30.9 Å². The first-order chi connectivity index (χ1) is 12.1. The third-order valence-corrected chi connectivity index (χ3v) is 6.45. The molecule has 0 spiro atoms. The quantitative estimate of drug-likeness (QED) is 0.710. The van der Waals surface area contributed by atoms with Crippen LogP contribution in [-0.2, 0) is 6.42 Å². The Morgan fingerprint density at radius 2 is 2.24 bits per heavy atom. The average Bonchev–Trinajstić information content (AvgIpc) is 3.28. The van der Waals surface area contributed by atoms with Crippen molar-refractivity contribution in [3.05, 3.63) is 45.8 Å². The summed E-state index contributed by atoms with van der Waals surface area (Å²) in [4.78, 5) is 5.13. The number of anilines is 1. The van der Waals surface area contributed by atoms with Crippen molar-refractivity contribution in [2.75, 3.05) is 11.9 Å². The summed E-state index contributed by atoms with van der Waals surface area (Å²) in [6.07, 6.45) is 7.67. The molecule has 2 aromatic rings. The van der Waals surface area contributed by atoms with Crippen LogP contribution in [0.15, 0.2) is 30.4 Å². The molecule has 0 amide bonds. The van der Waals surface area contributed by atoms with Gasteiger partial charge in [-0.05, 0) is 55.4 Å². The highest BCUT2D eigenvalue weighted by atomic mass is 35.5. The molecule has 1 aromatic heterocycles. The van der Waals surface area contributed by atoms with E-state index >= 15 is 0 Å². The maximum Gasteiger partial charge on any atom is 0.227 e. The first kappa shape index (κ1) is 16.7. The van der Waals surface area contributed by atoms with Gasteiger partial charge in [-0.25, -0.2) is 0 Å². The topological polar surface area (TPSA) is 54.4 Å². The zero-order valence-corrected chi connectivity index (χ0v) is 15.6. The molecule has 1 aromatic carbocycles. The summed E-state index contributed by atoms with van der Waals surface area (Å²) < 4.78 is 5.76. The number of rotatable bonds is 6. The molecule has 2 bridgehead atoms. The Labute approximate surface area is 156 Å². The second-order valence-corrected chi connectivity index (χ2v) is 8.30. The van der Waals surface area contributed by atoms with Crippen molar-refractivity contribution in [1.82, 2.24) is 4.98 Å². The number of fused-ring (bicyclic) bond motifs is 2. The second-order valence-electron chi connectivity index (χ2n) is 6.81. The van der Waals surface area contributed by atoms with Crippen LogP contribution in [0.25, 0.3) is 0 Å². The summed E-state index contributed by atoms with van der Waals surface area (Å²) in [5.41, 5.74) is 0.992. The Balaban J connectivity index is 1.32. The molecule has 2 aliphatic carbocycles. The van der Waals surface area contributed by atoms with E-state index in [1.165, 1.54) is 17.8 Å². The minimum Gasteiger partial charge on any atom is -0.493 e. The van der Waals surface area contributed by atoms with Gasteiger partial charge >= 0.3 is 0 Å². The van der Waals surface area contributed by atoms with Crippen LogP contribution in [0, 0.1) is 18.8 Å². The molecule has 1 fully saturated rings. The van der Waals surface area contributed by atoms with Gasteiger partial charge < -0.3 is 15.2 Å². The third kappa shape index (κ3) is 3.62. The molecule has 4 rings (SSSR count). The van der Waals surface area contributed by atoms with Crippen molar-refractivity contribution in [3.8, 4) is 11.6 Å². The lowest BCUT2D eigenvalue weighted by molar-refractivity contribution is 0.320. The Hall–Kier alpha value is -1.72.